The summed E-state index contributed by atoms with van der Waals surface area (Å²) in [7, 11) is -3.87. The Balaban J connectivity index is 2.36. The third-order valence-electron chi connectivity index (χ3n) is 3.75. The molecule has 0 amide bonds. The zero-order valence-corrected chi connectivity index (χ0v) is 16.4. The largest absolute Gasteiger partial charge is 0.489 e. The predicted octanol–water partition coefficient (Wildman–Crippen LogP) is 3.44. The highest BCUT2D eigenvalue weighted by Gasteiger charge is 2.30. The topological polar surface area (TPSA) is 72.4 Å². The van der Waals surface area contributed by atoms with Gasteiger partial charge in [0.05, 0.1) is 16.4 Å². The van der Waals surface area contributed by atoms with Crippen LogP contribution in [0.15, 0.2) is 9.63 Å². The molecule has 6 nitrogen and oxygen atoms in total. The number of benzene rings is 1. The van der Waals surface area contributed by atoms with E-state index >= 15 is 0 Å². The van der Waals surface area contributed by atoms with Gasteiger partial charge in [0.2, 0.25) is 21.4 Å². The van der Waals surface area contributed by atoms with Crippen LogP contribution in [0.5, 0.6) is 5.75 Å². The summed E-state index contributed by atoms with van der Waals surface area (Å²) in [6, 6.07) is 0. The van der Waals surface area contributed by atoms with Gasteiger partial charge >= 0.3 is 0 Å². The quantitative estimate of drug-likeness (QED) is 0.499. The predicted molar refractivity (Wildman–Crippen MR) is 93.6 cm³/mol. The summed E-state index contributed by atoms with van der Waals surface area (Å²) < 4.78 is 69.3. The van der Waals surface area contributed by atoms with Crippen LogP contribution in [0, 0.1) is 5.82 Å². The van der Waals surface area contributed by atoms with Crippen LogP contribution >= 0.6 is 27.5 Å². The molecule has 1 aliphatic heterocycles. The minimum absolute atomic E-state index is 0.00289. The van der Waals surface area contributed by atoms with Gasteiger partial charge in [0.25, 0.3) is 0 Å². The zero-order valence-electron chi connectivity index (χ0n) is 13.3. The Morgan fingerprint density at radius 2 is 2.08 bits per heavy atom. The molecule has 0 spiro atoms. The Morgan fingerprint density at radius 3 is 2.69 bits per heavy atom. The molecule has 0 radical (unpaired) electrons. The van der Waals surface area contributed by atoms with Gasteiger partial charge in [-0.3, -0.25) is 0 Å². The summed E-state index contributed by atoms with van der Waals surface area (Å²) in [6.45, 7) is 0.0953. The Morgan fingerprint density at radius 1 is 1.38 bits per heavy atom. The minimum atomic E-state index is -3.87. The number of nitrogens with zero attached hydrogens (tertiary/aromatic N) is 3. The number of hydrogen-bond acceptors (Lipinski definition) is 6. The van der Waals surface area contributed by atoms with Crippen molar-refractivity contribution in [1.82, 2.24) is 9.97 Å². The zero-order chi connectivity index (χ0) is 19.2. The highest BCUT2D eigenvalue weighted by atomic mass is 79.9. The number of sulfone groups is 1. The van der Waals surface area contributed by atoms with Crippen molar-refractivity contribution in [3.05, 3.63) is 15.3 Å². The number of anilines is 1. The molecule has 0 bridgehead atoms. The molecular weight excluding hydrogens is 463 g/mol. The van der Waals surface area contributed by atoms with E-state index in [-0.39, 0.29) is 51.7 Å². The SMILES string of the molecule is CS(=O)(=O)c1nc2c3c(c(Cl)c(Br)c(F)c3n1)OCCN2CCC(F)F. The maximum absolute atomic E-state index is 14.7. The van der Waals surface area contributed by atoms with Crippen molar-refractivity contribution in [2.24, 2.45) is 0 Å². The van der Waals surface area contributed by atoms with Crippen LogP contribution in [-0.4, -0.2) is 50.8 Å². The average Bonchev–Trinajstić information content (AvgIpc) is 2.74. The fraction of sp³-hybridized carbons (Fsp3) is 0.429. The summed E-state index contributed by atoms with van der Waals surface area (Å²) >= 11 is 9.13. The van der Waals surface area contributed by atoms with Crippen molar-refractivity contribution >= 4 is 54.1 Å². The molecule has 0 saturated carbocycles. The van der Waals surface area contributed by atoms with Crippen LogP contribution in [0.3, 0.4) is 0 Å². The Hall–Kier alpha value is -1.33. The standard InChI is InChI=1S/C14H12BrClF3N3O3S/c1-26(23,24)14-20-11-7-12(9(16)8(15)10(11)19)25-5-4-22(13(7)21-14)3-2-6(17)18/h6H,2-5H2,1H3. The molecule has 3 rings (SSSR count). The first-order valence-corrected chi connectivity index (χ1v) is 10.4. The van der Waals surface area contributed by atoms with Gasteiger partial charge in [-0.25, -0.2) is 31.6 Å². The van der Waals surface area contributed by atoms with Gasteiger partial charge in [0.15, 0.2) is 11.6 Å². The van der Waals surface area contributed by atoms with Gasteiger partial charge in [-0.2, -0.15) is 0 Å². The maximum Gasteiger partial charge on any atom is 0.249 e. The molecular formula is C14H12BrClF3N3O3S. The third-order valence-corrected chi connectivity index (χ3v) is 5.92. The fourth-order valence-electron chi connectivity index (χ4n) is 2.57. The third kappa shape index (κ3) is 3.44. The summed E-state index contributed by atoms with van der Waals surface area (Å²) in [6.07, 6.45) is -2.15. The first-order valence-electron chi connectivity index (χ1n) is 7.35. The molecule has 26 heavy (non-hydrogen) atoms. The molecule has 1 aromatic heterocycles. The van der Waals surface area contributed by atoms with Gasteiger partial charge in [-0.15, -0.1) is 0 Å². The van der Waals surface area contributed by atoms with Crippen molar-refractivity contribution in [2.75, 3.05) is 30.9 Å². The van der Waals surface area contributed by atoms with Crippen molar-refractivity contribution in [1.29, 1.82) is 0 Å². The van der Waals surface area contributed by atoms with Crippen LogP contribution in [0.2, 0.25) is 5.02 Å². The van der Waals surface area contributed by atoms with E-state index in [0.717, 1.165) is 6.26 Å². The fourth-order valence-corrected chi connectivity index (χ4v) is 3.68. The lowest BCUT2D eigenvalue weighted by atomic mass is 10.2. The summed E-state index contributed by atoms with van der Waals surface area (Å²) in [5.41, 5.74) is -0.314. The smallest absolute Gasteiger partial charge is 0.249 e. The molecule has 142 valence electrons. The first kappa shape index (κ1) is 19.4. The molecule has 0 aliphatic carbocycles. The molecule has 2 heterocycles. The van der Waals surface area contributed by atoms with Crippen molar-refractivity contribution < 1.29 is 26.3 Å². The van der Waals surface area contributed by atoms with Crippen molar-refractivity contribution in [2.45, 2.75) is 18.0 Å². The van der Waals surface area contributed by atoms with E-state index in [2.05, 4.69) is 25.9 Å². The molecule has 0 unspecified atom stereocenters. The van der Waals surface area contributed by atoms with E-state index < -0.39 is 33.7 Å². The van der Waals surface area contributed by atoms with Crippen LogP contribution in [0.1, 0.15) is 6.42 Å². The summed E-state index contributed by atoms with van der Waals surface area (Å²) in [4.78, 5) is 9.22. The van der Waals surface area contributed by atoms with Gasteiger partial charge in [-0.1, -0.05) is 11.6 Å². The number of hydrogen-bond donors (Lipinski definition) is 0. The number of halogens is 5. The Labute approximate surface area is 160 Å². The second-order valence-electron chi connectivity index (χ2n) is 5.61. The molecule has 2 aromatic rings. The first-order chi connectivity index (χ1) is 12.1. The minimum Gasteiger partial charge on any atom is -0.489 e. The van der Waals surface area contributed by atoms with E-state index in [0.29, 0.717) is 0 Å². The Kier molecular flexibility index (Phi) is 5.24. The molecule has 0 fully saturated rings. The molecule has 12 heteroatoms. The van der Waals surface area contributed by atoms with E-state index in [1.54, 1.807) is 0 Å². The lowest BCUT2D eigenvalue weighted by molar-refractivity contribution is 0.139. The number of aromatic nitrogens is 2. The summed E-state index contributed by atoms with van der Waals surface area (Å²) in [5.74, 6) is -0.817. The van der Waals surface area contributed by atoms with E-state index in [4.69, 9.17) is 16.3 Å². The number of ether oxygens (including phenoxy) is 1. The molecule has 1 aromatic carbocycles. The van der Waals surface area contributed by atoms with E-state index in [9.17, 15) is 21.6 Å². The van der Waals surface area contributed by atoms with Gasteiger partial charge in [0.1, 0.15) is 23.0 Å². The monoisotopic (exact) mass is 473 g/mol. The lowest BCUT2D eigenvalue weighted by Crippen LogP contribution is -2.30. The van der Waals surface area contributed by atoms with Crippen LogP contribution in [0.25, 0.3) is 10.9 Å². The molecule has 1 aliphatic rings. The van der Waals surface area contributed by atoms with Gasteiger partial charge in [0, 0.05) is 19.2 Å². The number of rotatable bonds is 4. The van der Waals surface area contributed by atoms with E-state index in [1.165, 1.54) is 4.90 Å². The van der Waals surface area contributed by atoms with Crippen LogP contribution in [0.4, 0.5) is 19.0 Å². The Bertz CT molecular complexity index is 991. The average molecular weight is 475 g/mol. The normalized spacial score (nSPS) is 14.7. The van der Waals surface area contributed by atoms with Gasteiger partial charge in [-0.05, 0) is 15.9 Å². The second kappa shape index (κ2) is 7.01. The summed E-state index contributed by atoms with van der Waals surface area (Å²) in [5, 5.41) is -0.624. The van der Waals surface area contributed by atoms with Crippen molar-refractivity contribution in [3.8, 4) is 5.75 Å². The highest BCUT2D eigenvalue weighted by Crippen LogP contribution is 2.45. The molecule has 0 N–H and O–H groups in total. The highest BCUT2D eigenvalue weighted by molar-refractivity contribution is 9.10. The van der Waals surface area contributed by atoms with Crippen LogP contribution < -0.4 is 9.64 Å². The van der Waals surface area contributed by atoms with Crippen molar-refractivity contribution in [3.63, 3.8) is 0 Å². The maximum atomic E-state index is 14.7. The van der Waals surface area contributed by atoms with Crippen LogP contribution in [-0.2, 0) is 9.84 Å². The second-order valence-corrected chi connectivity index (χ2v) is 8.69. The van der Waals surface area contributed by atoms with E-state index in [1.807, 2.05) is 0 Å². The van der Waals surface area contributed by atoms with Gasteiger partial charge < -0.3 is 9.64 Å². The molecule has 0 saturated heterocycles. The lowest BCUT2D eigenvalue weighted by Gasteiger charge is -2.22. The number of alkyl halides is 2. The molecule has 0 atom stereocenters.